The molecule has 0 aromatic heterocycles. The van der Waals surface area contributed by atoms with Crippen molar-refractivity contribution in [2.75, 3.05) is 20.3 Å². The van der Waals surface area contributed by atoms with Gasteiger partial charge in [-0.2, -0.15) is 0 Å². The van der Waals surface area contributed by atoms with Crippen molar-refractivity contribution >= 4 is 0 Å². The normalized spacial score (nSPS) is 21.5. The molecule has 20 heavy (non-hydrogen) atoms. The number of nitrogens with one attached hydrogen (secondary N) is 1. The average Bonchev–Trinajstić information content (AvgIpc) is 3.37. The first-order chi connectivity index (χ1) is 9.76. The van der Waals surface area contributed by atoms with Gasteiger partial charge in [-0.3, -0.25) is 0 Å². The van der Waals surface area contributed by atoms with Crippen LogP contribution in [0.2, 0.25) is 0 Å². The summed E-state index contributed by atoms with van der Waals surface area (Å²) in [7, 11) is 1.71. The fourth-order valence-corrected chi connectivity index (χ4v) is 3.05. The fraction of sp³-hybridized carbons (Fsp3) is 0.647. The van der Waals surface area contributed by atoms with Gasteiger partial charge in [0.25, 0.3) is 0 Å². The van der Waals surface area contributed by atoms with Crippen LogP contribution in [0, 0.1) is 11.3 Å². The van der Waals surface area contributed by atoms with Crippen LogP contribution in [0.1, 0.15) is 43.7 Å². The van der Waals surface area contributed by atoms with Crippen LogP contribution in [0.25, 0.3) is 0 Å². The molecule has 0 heterocycles. The number of aliphatic hydroxyl groups is 1. The first kappa shape index (κ1) is 13.9. The Balaban J connectivity index is 1.63. The standard InChI is InChI=1S/C17H25NO2/c1-20-15-6-4-14(5-7-15)16(13-2-3-13)18-12-17(8-9-17)10-11-19/h4-7,13,16,18-19H,2-3,8-12H2,1H3. The molecule has 110 valence electrons. The van der Waals surface area contributed by atoms with E-state index in [-0.39, 0.29) is 0 Å². The summed E-state index contributed by atoms with van der Waals surface area (Å²) in [5.74, 6) is 1.70. The summed E-state index contributed by atoms with van der Waals surface area (Å²) in [6.45, 7) is 1.36. The number of aliphatic hydroxyl groups excluding tert-OH is 1. The second-order valence-electron chi connectivity index (χ2n) is 6.44. The number of rotatable bonds is 8. The van der Waals surface area contributed by atoms with Gasteiger partial charge in [-0.15, -0.1) is 0 Å². The molecule has 2 aliphatic rings. The summed E-state index contributed by atoms with van der Waals surface area (Å²) < 4.78 is 5.23. The Morgan fingerprint density at radius 2 is 2.00 bits per heavy atom. The number of ether oxygens (including phenoxy) is 1. The Morgan fingerprint density at radius 1 is 1.30 bits per heavy atom. The van der Waals surface area contributed by atoms with Crippen molar-refractivity contribution in [3.8, 4) is 5.75 Å². The summed E-state index contributed by atoms with van der Waals surface area (Å²) in [4.78, 5) is 0. The maximum absolute atomic E-state index is 9.16. The summed E-state index contributed by atoms with van der Waals surface area (Å²) in [6, 6.07) is 8.93. The van der Waals surface area contributed by atoms with E-state index in [1.54, 1.807) is 7.11 Å². The van der Waals surface area contributed by atoms with E-state index in [0.717, 1.165) is 24.6 Å². The van der Waals surface area contributed by atoms with Crippen LogP contribution in [-0.4, -0.2) is 25.4 Å². The Bertz CT molecular complexity index is 435. The zero-order valence-corrected chi connectivity index (χ0v) is 12.3. The lowest BCUT2D eigenvalue weighted by Gasteiger charge is -2.23. The molecule has 1 unspecified atom stereocenters. The summed E-state index contributed by atoms with van der Waals surface area (Å²) >= 11 is 0. The number of hydrogen-bond donors (Lipinski definition) is 2. The van der Waals surface area contributed by atoms with Crippen molar-refractivity contribution in [3.63, 3.8) is 0 Å². The Kier molecular flexibility index (Phi) is 3.99. The van der Waals surface area contributed by atoms with Crippen molar-refractivity contribution in [1.82, 2.24) is 5.32 Å². The van der Waals surface area contributed by atoms with E-state index in [2.05, 4.69) is 17.4 Å². The molecule has 2 fully saturated rings. The van der Waals surface area contributed by atoms with E-state index in [4.69, 9.17) is 9.84 Å². The SMILES string of the molecule is COc1ccc(C(NCC2(CCO)CC2)C2CC2)cc1. The van der Waals surface area contributed by atoms with Crippen LogP contribution in [0.5, 0.6) is 5.75 Å². The molecule has 0 aliphatic heterocycles. The van der Waals surface area contributed by atoms with Crippen molar-refractivity contribution in [1.29, 1.82) is 0 Å². The maximum Gasteiger partial charge on any atom is 0.118 e. The molecule has 0 amide bonds. The van der Waals surface area contributed by atoms with Crippen LogP contribution < -0.4 is 10.1 Å². The molecule has 2 aliphatic carbocycles. The molecule has 1 atom stereocenters. The van der Waals surface area contributed by atoms with E-state index in [0.29, 0.717) is 18.1 Å². The quantitative estimate of drug-likeness (QED) is 0.766. The molecule has 0 saturated heterocycles. The summed E-state index contributed by atoms with van der Waals surface area (Å²) in [5.41, 5.74) is 1.75. The lowest BCUT2D eigenvalue weighted by atomic mass is 9.98. The Morgan fingerprint density at radius 3 is 2.50 bits per heavy atom. The van der Waals surface area contributed by atoms with E-state index < -0.39 is 0 Å². The number of benzene rings is 1. The first-order valence-electron chi connectivity index (χ1n) is 7.74. The smallest absolute Gasteiger partial charge is 0.118 e. The van der Waals surface area contributed by atoms with Gasteiger partial charge in [0.05, 0.1) is 7.11 Å². The van der Waals surface area contributed by atoms with Gasteiger partial charge >= 0.3 is 0 Å². The van der Waals surface area contributed by atoms with E-state index >= 15 is 0 Å². The predicted octanol–water partition coefficient (Wildman–Crippen LogP) is 2.90. The van der Waals surface area contributed by atoms with Gasteiger partial charge in [-0.05, 0) is 61.1 Å². The average molecular weight is 275 g/mol. The molecular formula is C17H25NO2. The lowest BCUT2D eigenvalue weighted by molar-refractivity contribution is 0.240. The van der Waals surface area contributed by atoms with Gasteiger partial charge in [0.2, 0.25) is 0 Å². The highest BCUT2D eigenvalue weighted by Crippen LogP contribution is 2.49. The van der Waals surface area contributed by atoms with E-state index in [1.807, 2.05) is 12.1 Å². The predicted molar refractivity (Wildman–Crippen MR) is 79.8 cm³/mol. The molecule has 3 heteroatoms. The molecular weight excluding hydrogens is 250 g/mol. The van der Waals surface area contributed by atoms with Crippen LogP contribution in [0.3, 0.4) is 0 Å². The third-order valence-electron chi connectivity index (χ3n) is 4.86. The highest BCUT2D eigenvalue weighted by Gasteiger charge is 2.43. The van der Waals surface area contributed by atoms with Crippen molar-refractivity contribution in [3.05, 3.63) is 29.8 Å². The highest BCUT2D eigenvalue weighted by molar-refractivity contribution is 5.30. The zero-order valence-electron chi connectivity index (χ0n) is 12.3. The summed E-state index contributed by atoms with van der Waals surface area (Å²) in [5, 5.41) is 12.9. The largest absolute Gasteiger partial charge is 0.497 e. The van der Waals surface area contributed by atoms with Gasteiger partial charge < -0.3 is 15.2 Å². The van der Waals surface area contributed by atoms with Crippen molar-refractivity contribution in [2.45, 2.75) is 38.1 Å². The molecule has 1 aromatic carbocycles. The lowest BCUT2D eigenvalue weighted by Crippen LogP contribution is -2.30. The molecule has 3 nitrogen and oxygen atoms in total. The van der Waals surface area contributed by atoms with Crippen LogP contribution in [0.15, 0.2) is 24.3 Å². The van der Waals surface area contributed by atoms with Gasteiger partial charge in [0, 0.05) is 19.2 Å². The van der Waals surface area contributed by atoms with Crippen LogP contribution >= 0.6 is 0 Å². The summed E-state index contributed by atoms with van der Waals surface area (Å²) in [6.07, 6.45) is 6.13. The van der Waals surface area contributed by atoms with Gasteiger partial charge in [0.1, 0.15) is 5.75 Å². The van der Waals surface area contributed by atoms with Crippen molar-refractivity contribution < 1.29 is 9.84 Å². The van der Waals surface area contributed by atoms with Gasteiger partial charge in [-0.1, -0.05) is 12.1 Å². The van der Waals surface area contributed by atoms with Crippen LogP contribution in [0.4, 0.5) is 0 Å². The Labute approximate surface area is 121 Å². The molecule has 2 N–H and O–H groups in total. The van der Waals surface area contributed by atoms with E-state index in [1.165, 1.54) is 31.2 Å². The minimum absolute atomic E-state index is 0.318. The van der Waals surface area contributed by atoms with Gasteiger partial charge in [-0.25, -0.2) is 0 Å². The first-order valence-corrected chi connectivity index (χ1v) is 7.74. The molecule has 0 spiro atoms. The molecule has 0 radical (unpaired) electrons. The van der Waals surface area contributed by atoms with Crippen LogP contribution in [-0.2, 0) is 0 Å². The van der Waals surface area contributed by atoms with Crippen molar-refractivity contribution in [2.24, 2.45) is 11.3 Å². The second kappa shape index (κ2) is 5.74. The molecule has 1 aromatic rings. The monoisotopic (exact) mass is 275 g/mol. The number of hydrogen-bond acceptors (Lipinski definition) is 3. The second-order valence-corrected chi connectivity index (χ2v) is 6.44. The molecule has 0 bridgehead atoms. The van der Waals surface area contributed by atoms with Gasteiger partial charge in [0.15, 0.2) is 0 Å². The maximum atomic E-state index is 9.16. The minimum Gasteiger partial charge on any atom is -0.497 e. The highest BCUT2D eigenvalue weighted by atomic mass is 16.5. The molecule has 2 saturated carbocycles. The topological polar surface area (TPSA) is 41.5 Å². The number of methoxy groups -OCH3 is 1. The minimum atomic E-state index is 0.318. The van der Waals surface area contributed by atoms with E-state index in [9.17, 15) is 0 Å². The third kappa shape index (κ3) is 3.15. The molecule has 3 rings (SSSR count). The Hall–Kier alpha value is -1.06. The zero-order chi connectivity index (χ0) is 14.0. The third-order valence-corrected chi connectivity index (χ3v) is 4.86. The fourth-order valence-electron chi connectivity index (χ4n) is 3.05.